The molecule has 0 aromatic carbocycles. The van der Waals surface area contributed by atoms with E-state index in [9.17, 15) is 19.8 Å². The van der Waals surface area contributed by atoms with Crippen LogP contribution in [0.5, 0.6) is 0 Å². The van der Waals surface area contributed by atoms with Crippen molar-refractivity contribution in [3.05, 3.63) is 0 Å². The molecule has 0 heterocycles. The number of unbranched alkanes of at least 4 members (excludes halogenated alkanes) is 2. The zero-order chi connectivity index (χ0) is 15.8. The van der Waals surface area contributed by atoms with Crippen LogP contribution in [0.4, 0.5) is 0 Å². The van der Waals surface area contributed by atoms with Crippen LogP contribution in [0.2, 0.25) is 0 Å². The van der Waals surface area contributed by atoms with Gasteiger partial charge in [0, 0.05) is 0 Å². The number of rotatable bonds is 10. The van der Waals surface area contributed by atoms with Crippen molar-refractivity contribution in [1.29, 1.82) is 0 Å². The van der Waals surface area contributed by atoms with Crippen LogP contribution >= 0.6 is 0 Å². The monoisotopic (exact) mass is 288 g/mol. The number of hydrogen-bond donors (Lipinski definition) is 2. The molecule has 0 saturated carbocycles. The lowest BCUT2D eigenvalue weighted by molar-refractivity contribution is -0.192. The fourth-order valence-corrected chi connectivity index (χ4v) is 1.91. The Kier molecular flexibility index (Phi) is 7.79. The minimum absolute atomic E-state index is 0.218. The predicted molar refractivity (Wildman–Crippen MR) is 76.4 cm³/mol. The Hall–Kier alpha value is -1.10. The van der Waals surface area contributed by atoms with Crippen LogP contribution in [0.15, 0.2) is 0 Å². The smallest absolute Gasteiger partial charge is 0.347 e. The molecular weight excluding hydrogens is 260 g/mol. The van der Waals surface area contributed by atoms with E-state index in [-0.39, 0.29) is 12.8 Å². The maximum Gasteiger partial charge on any atom is 0.347 e. The number of carboxylic acids is 1. The third-order valence-corrected chi connectivity index (χ3v) is 3.69. The molecule has 0 spiro atoms. The quantitative estimate of drug-likeness (QED) is 0.604. The van der Waals surface area contributed by atoms with Gasteiger partial charge in [0.05, 0.1) is 0 Å². The molecule has 0 amide bonds. The molecule has 0 fully saturated rings. The highest BCUT2D eigenvalue weighted by molar-refractivity contribution is 5.85. The summed E-state index contributed by atoms with van der Waals surface area (Å²) in [4.78, 5) is 23.5. The lowest BCUT2D eigenvalue weighted by Gasteiger charge is -2.31. The average Bonchev–Trinajstić information content (AvgIpc) is 2.42. The molecule has 0 aromatic rings. The van der Waals surface area contributed by atoms with Crippen LogP contribution in [-0.2, 0) is 14.3 Å². The molecule has 0 aliphatic heterocycles. The highest BCUT2D eigenvalue weighted by Crippen LogP contribution is 2.26. The van der Waals surface area contributed by atoms with E-state index >= 15 is 0 Å². The van der Waals surface area contributed by atoms with Crippen molar-refractivity contribution in [2.75, 3.05) is 0 Å². The number of aliphatic carboxylic acids is 1. The molecule has 0 rings (SSSR count). The molecule has 0 aliphatic rings. The molecular formula is C15H28O5. The first-order chi connectivity index (χ1) is 9.25. The number of esters is 1. The summed E-state index contributed by atoms with van der Waals surface area (Å²) in [5.74, 6) is -2.00. The molecule has 5 heteroatoms. The largest absolute Gasteiger partial charge is 0.478 e. The van der Waals surface area contributed by atoms with Gasteiger partial charge in [0.25, 0.3) is 0 Å². The number of carbonyl (C=O) groups is 2. The van der Waals surface area contributed by atoms with Crippen molar-refractivity contribution in [3.8, 4) is 0 Å². The molecule has 2 unspecified atom stereocenters. The van der Waals surface area contributed by atoms with Crippen LogP contribution in [0.25, 0.3) is 0 Å². The normalized spacial score (nSPS) is 17.1. The summed E-state index contributed by atoms with van der Waals surface area (Å²) in [6, 6.07) is 0. The van der Waals surface area contributed by atoms with Gasteiger partial charge < -0.3 is 14.9 Å². The van der Waals surface area contributed by atoms with Crippen molar-refractivity contribution >= 4 is 11.9 Å². The summed E-state index contributed by atoms with van der Waals surface area (Å²) in [5.41, 5.74) is -3.15. The van der Waals surface area contributed by atoms with Crippen LogP contribution in [0.1, 0.15) is 72.6 Å². The molecule has 0 aliphatic carbocycles. The van der Waals surface area contributed by atoms with E-state index in [0.717, 1.165) is 12.8 Å². The second-order valence-corrected chi connectivity index (χ2v) is 5.52. The summed E-state index contributed by atoms with van der Waals surface area (Å²) in [5, 5.41) is 19.6. The number of ether oxygens (including phenoxy) is 1. The Morgan fingerprint density at radius 1 is 1.05 bits per heavy atom. The molecule has 0 saturated heterocycles. The molecule has 2 N–H and O–H groups in total. The molecule has 118 valence electrons. The Labute approximate surface area is 121 Å². The van der Waals surface area contributed by atoms with Crippen LogP contribution < -0.4 is 0 Å². The molecule has 0 radical (unpaired) electrons. The highest BCUT2D eigenvalue weighted by atomic mass is 16.6. The number of hydrogen-bond acceptors (Lipinski definition) is 4. The van der Waals surface area contributed by atoms with Gasteiger partial charge in [-0.2, -0.15) is 0 Å². The van der Waals surface area contributed by atoms with Crippen LogP contribution in [-0.4, -0.2) is 33.4 Å². The zero-order valence-corrected chi connectivity index (χ0v) is 13.1. The maximum absolute atomic E-state index is 12.1. The van der Waals surface area contributed by atoms with E-state index in [1.54, 1.807) is 6.92 Å². The summed E-state index contributed by atoms with van der Waals surface area (Å²) in [7, 11) is 0. The Morgan fingerprint density at radius 3 is 1.95 bits per heavy atom. The maximum atomic E-state index is 12.1. The summed E-state index contributed by atoms with van der Waals surface area (Å²) >= 11 is 0. The van der Waals surface area contributed by atoms with Gasteiger partial charge in [-0.05, 0) is 32.6 Å². The number of carboxylic acid groups (broad SMARTS) is 1. The van der Waals surface area contributed by atoms with Crippen LogP contribution in [0.3, 0.4) is 0 Å². The van der Waals surface area contributed by atoms with Gasteiger partial charge >= 0.3 is 11.9 Å². The van der Waals surface area contributed by atoms with Crippen LogP contribution in [0, 0.1) is 0 Å². The summed E-state index contributed by atoms with van der Waals surface area (Å²) in [6.45, 7) is 6.98. The standard InChI is InChI=1S/C15H28O5/c1-5-8-10-14(4,12(16)17)20-13(18)15(19,7-3)11-9-6-2/h19H,5-11H2,1-4H3,(H,16,17). The molecule has 0 bridgehead atoms. The van der Waals surface area contributed by atoms with E-state index in [4.69, 9.17) is 4.74 Å². The van der Waals surface area contributed by atoms with Crippen molar-refractivity contribution in [2.24, 2.45) is 0 Å². The topological polar surface area (TPSA) is 83.8 Å². The lowest BCUT2D eigenvalue weighted by atomic mass is 9.92. The van der Waals surface area contributed by atoms with Gasteiger partial charge in [-0.3, -0.25) is 0 Å². The molecule has 0 aromatic heterocycles. The molecule has 5 nitrogen and oxygen atoms in total. The second-order valence-electron chi connectivity index (χ2n) is 5.52. The van der Waals surface area contributed by atoms with Gasteiger partial charge in [0.15, 0.2) is 5.60 Å². The van der Waals surface area contributed by atoms with Crippen molar-refractivity contribution in [2.45, 2.75) is 83.8 Å². The number of aliphatic hydroxyl groups is 1. The summed E-state index contributed by atoms with van der Waals surface area (Å²) < 4.78 is 5.17. The minimum Gasteiger partial charge on any atom is -0.478 e. The minimum atomic E-state index is -1.58. The predicted octanol–water partition coefficient (Wildman–Crippen LogP) is 2.89. The first kappa shape index (κ1) is 18.9. The number of carbonyl (C=O) groups excluding carboxylic acids is 1. The third kappa shape index (κ3) is 5.12. The van der Waals surface area contributed by atoms with E-state index in [1.165, 1.54) is 6.92 Å². The highest BCUT2D eigenvalue weighted by Gasteiger charge is 2.43. The second kappa shape index (κ2) is 8.25. The van der Waals surface area contributed by atoms with Gasteiger partial charge in [-0.1, -0.05) is 40.0 Å². The van der Waals surface area contributed by atoms with E-state index in [1.807, 2.05) is 13.8 Å². The first-order valence-corrected chi connectivity index (χ1v) is 7.45. The van der Waals surface area contributed by atoms with Crippen molar-refractivity contribution in [1.82, 2.24) is 0 Å². The molecule has 2 atom stereocenters. The van der Waals surface area contributed by atoms with Gasteiger partial charge in [0.1, 0.15) is 0 Å². The van der Waals surface area contributed by atoms with E-state index in [0.29, 0.717) is 19.3 Å². The average molecular weight is 288 g/mol. The lowest BCUT2D eigenvalue weighted by Crippen LogP contribution is -2.48. The SMILES string of the molecule is CCCCC(O)(CC)C(=O)OC(C)(CCCC)C(=O)O. The summed E-state index contributed by atoms with van der Waals surface area (Å²) in [6.07, 6.45) is 3.76. The Morgan fingerprint density at radius 2 is 1.55 bits per heavy atom. The fourth-order valence-electron chi connectivity index (χ4n) is 1.91. The fraction of sp³-hybridized carbons (Fsp3) is 0.867. The van der Waals surface area contributed by atoms with Gasteiger partial charge in [-0.15, -0.1) is 0 Å². The Bertz CT molecular complexity index is 328. The van der Waals surface area contributed by atoms with Crippen molar-refractivity contribution < 1.29 is 24.5 Å². The Balaban J connectivity index is 4.93. The zero-order valence-electron chi connectivity index (χ0n) is 13.1. The van der Waals surface area contributed by atoms with E-state index in [2.05, 4.69) is 0 Å². The molecule has 20 heavy (non-hydrogen) atoms. The van der Waals surface area contributed by atoms with Gasteiger partial charge in [-0.25, -0.2) is 9.59 Å². The third-order valence-electron chi connectivity index (χ3n) is 3.69. The van der Waals surface area contributed by atoms with Gasteiger partial charge in [0.2, 0.25) is 5.60 Å². The first-order valence-electron chi connectivity index (χ1n) is 7.45. The van der Waals surface area contributed by atoms with E-state index < -0.39 is 23.1 Å². The van der Waals surface area contributed by atoms with Crippen molar-refractivity contribution in [3.63, 3.8) is 0 Å².